The molecule has 7 nitrogen and oxygen atoms in total. The quantitative estimate of drug-likeness (QED) is 0.674. The molecule has 0 saturated heterocycles. The highest BCUT2D eigenvalue weighted by Crippen LogP contribution is 2.20. The van der Waals surface area contributed by atoms with Crippen LogP contribution in [0, 0.1) is 11.3 Å². The molecule has 0 radical (unpaired) electrons. The summed E-state index contributed by atoms with van der Waals surface area (Å²) in [7, 11) is 0. The molecule has 0 unspecified atom stereocenters. The van der Waals surface area contributed by atoms with Crippen molar-refractivity contribution in [2.75, 3.05) is 6.54 Å². The van der Waals surface area contributed by atoms with Gasteiger partial charge in [0, 0.05) is 24.5 Å². The number of carbonyl (C=O) groups excluding carboxylic acids is 2. The molecule has 0 bridgehead atoms. The van der Waals surface area contributed by atoms with Gasteiger partial charge in [0.05, 0.1) is 29.3 Å². The number of rotatable bonds is 5. The van der Waals surface area contributed by atoms with Crippen LogP contribution in [-0.4, -0.2) is 33.4 Å². The van der Waals surface area contributed by atoms with Gasteiger partial charge in [0.15, 0.2) is 0 Å². The Morgan fingerprint density at radius 2 is 1.86 bits per heavy atom. The first-order valence-electron chi connectivity index (χ1n) is 9.24. The summed E-state index contributed by atoms with van der Waals surface area (Å²) in [6.07, 6.45) is 3.63. The summed E-state index contributed by atoms with van der Waals surface area (Å²) < 4.78 is 7.00. The number of fused-ring (bicyclic) bond motifs is 1. The number of imidazole rings is 1. The van der Waals surface area contributed by atoms with E-state index >= 15 is 0 Å². The van der Waals surface area contributed by atoms with Crippen molar-refractivity contribution in [3.05, 3.63) is 59.9 Å². The highest BCUT2D eigenvalue weighted by Gasteiger charge is 2.16. The van der Waals surface area contributed by atoms with E-state index in [1.54, 1.807) is 55.6 Å². The molecule has 3 rings (SSSR count). The second-order valence-corrected chi connectivity index (χ2v) is 7.59. The fourth-order valence-electron chi connectivity index (χ4n) is 2.75. The van der Waals surface area contributed by atoms with Crippen molar-refractivity contribution in [2.24, 2.45) is 0 Å². The fraction of sp³-hybridized carbons (Fsp3) is 0.273. The second kappa shape index (κ2) is 8.15. The van der Waals surface area contributed by atoms with Crippen LogP contribution in [0.3, 0.4) is 0 Å². The predicted octanol–water partition coefficient (Wildman–Crippen LogP) is 3.33. The topological polar surface area (TPSA) is 96.5 Å². The van der Waals surface area contributed by atoms with Gasteiger partial charge in [-0.05, 0) is 45.0 Å². The lowest BCUT2D eigenvalue weighted by Gasteiger charge is -2.19. The van der Waals surface area contributed by atoms with Crippen molar-refractivity contribution < 1.29 is 14.3 Å². The van der Waals surface area contributed by atoms with Crippen LogP contribution in [0.15, 0.2) is 48.8 Å². The summed E-state index contributed by atoms with van der Waals surface area (Å²) in [4.78, 5) is 28.6. The number of aromatic nitrogens is 2. The van der Waals surface area contributed by atoms with Gasteiger partial charge in [0.25, 0.3) is 5.91 Å². The average molecular weight is 390 g/mol. The Morgan fingerprint density at radius 3 is 2.52 bits per heavy atom. The van der Waals surface area contributed by atoms with Gasteiger partial charge >= 0.3 is 5.97 Å². The van der Waals surface area contributed by atoms with Gasteiger partial charge in [0.2, 0.25) is 0 Å². The molecule has 7 heteroatoms. The lowest BCUT2D eigenvalue weighted by atomic mass is 10.1. The van der Waals surface area contributed by atoms with Gasteiger partial charge in [0.1, 0.15) is 11.2 Å². The molecule has 148 valence electrons. The van der Waals surface area contributed by atoms with E-state index in [-0.39, 0.29) is 24.8 Å². The zero-order chi connectivity index (χ0) is 21.0. The normalized spacial score (nSPS) is 11.1. The van der Waals surface area contributed by atoms with Crippen molar-refractivity contribution >= 4 is 17.5 Å². The summed E-state index contributed by atoms with van der Waals surface area (Å²) in [5.74, 6) is -0.626. The molecule has 1 aromatic carbocycles. The van der Waals surface area contributed by atoms with Crippen LogP contribution in [0.5, 0.6) is 0 Å². The minimum Gasteiger partial charge on any atom is -0.460 e. The lowest BCUT2D eigenvalue weighted by Crippen LogP contribution is -2.29. The average Bonchev–Trinajstić information content (AvgIpc) is 3.09. The maximum Gasteiger partial charge on any atom is 0.308 e. The monoisotopic (exact) mass is 390 g/mol. The van der Waals surface area contributed by atoms with Crippen LogP contribution in [0.2, 0.25) is 0 Å². The molecule has 1 amide bonds. The Bertz CT molecular complexity index is 1090. The van der Waals surface area contributed by atoms with Crippen molar-refractivity contribution in [1.29, 1.82) is 5.26 Å². The third-order valence-electron chi connectivity index (χ3n) is 4.06. The Hall–Kier alpha value is -3.66. The number of carbonyl (C=O) groups is 2. The number of nitrogens with zero attached hydrogens (tertiary/aromatic N) is 3. The van der Waals surface area contributed by atoms with E-state index in [4.69, 9.17) is 10.00 Å². The molecule has 3 aromatic rings. The standard InChI is InChI=1S/C22H22N4O3/c1-22(2,3)29-20(27)10-11-24-21(28)17-8-9-19-25-18(14-26(19)13-17)16-6-4-15(12-23)5-7-16/h4-9,13-14H,10-11H2,1-3H3,(H,24,28). The van der Waals surface area contributed by atoms with Gasteiger partial charge in [-0.1, -0.05) is 12.1 Å². The summed E-state index contributed by atoms with van der Waals surface area (Å²) in [6, 6.07) is 12.7. The Morgan fingerprint density at radius 1 is 1.14 bits per heavy atom. The van der Waals surface area contributed by atoms with Gasteiger partial charge in [-0.3, -0.25) is 9.59 Å². The van der Waals surface area contributed by atoms with Gasteiger partial charge < -0.3 is 14.5 Å². The van der Waals surface area contributed by atoms with E-state index in [1.807, 2.05) is 18.3 Å². The van der Waals surface area contributed by atoms with E-state index in [2.05, 4.69) is 16.4 Å². The highest BCUT2D eigenvalue weighted by atomic mass is 16.6. The second-order valence-electron chi connectivity index (χ2n) is 7.59. The van der Waals surface area contributed by atoms with Crippen molar-refractivity contribution in [2.45, 2.75) is 32.8 Å². The molecule has 0 fully saturated rings. The number of hydrogen-bond donors (Lipinski definition) is 1. The van der Waals surface area contributed by atoms with Gasteiger partial charge in [-0.2, -0.15) is 5.26 Å². The van der Waals surface area contributed by atoms with Crippen LogP contribution < -0.4 is 5.32 Å². The van der Waals surface area contributed by atoms with Gasteiger partial charge in [-0.15, -0.1) is 0 Å². The summed E-state index contributed by atoms with van der Waals surface area (Å²) in [5.41, 5.74) is 2.84. The third-order valence-corrected chi connectivity index (χ3v) is 4.06. The Labute approximate surface area is 168 Å². The predicted molar refractivity (Wildman–Crippen MR) is 108 cm³/mol. The van der Waals surface area contributed by atoms with Crippen LogP contribution in [0.25, 0.3) is 16.9 Å². The van der Waals surface area contributed by atoms with Crippen LogP contribution in [0.1, 0.15) is 43.1 Å². The Balaban J connectivity index is 1.67. The molecule has 0 spiro atoms. The smallest absolute Gasteiger partial charge is 0.308 e. The Kier molecular flexibility index (Phi) is 5.64. The number of ether oxygens (including phenoxy) is 1. The van der Waals surface area contributed by atoms with Crippen molar-refractivity contribution in [3.8, 4) is 17.3 Å². The minimum atomic E-state index is -0.541. The number of amides is 1. The molecule has 29 heavy (non-hydrogen) atoms. The van der Waals surface area contributed by atoms with E-state index < -0.39 is 5.60 Å². The molecule has 0 aliphatic carbocycles. The SMILES string of the molecule is CC(C)(C)OC(=O)CCNC(=O)c1ccc2nc(-c3ccc(C#N)cc3)cn2c1. The molecule has 0 aliphatic heterocycles. The molecule has 0 atom stereocenters. The maximum absolute atomic E-state index is 12.4. The maximum atomic E-state index is 12.4. The summed E-state index contributed by atoms with van der Waals surface area (Å²) >= 11 is 0. The molecule has 2 heterocycles. The van der Waals surface area contributed by atoms with Crippen LogP contribution in [-0.2, 0) is 9.53 Å². The van der Waals surface area contributed by atoms with Crippen molar-refractivity contribution in [1.82, 2.24) is 14.7 Å². The lowest BCUT2D eigenvalue weighted by molar-refractivity contribution is -0.154. The molecular formula is C22H22N4O3. The third kappa shape index (κ3) is 5.20. The number of nitriles is 1. The first-order valence-corrected chi connectivity index (χ1v) is 9.24. The zero-order valence-electron chi connectivity index (χ0n) is 16.6. The molecule has 0 aliphatic rings. The van der Waals surface area contributed by atoms with Crippen molar-refractivity contribution in [3.63, 3.8) is 0 Å². The first-order chi connectivity index (χ1) is 13.7. The zero-order valence-corrected chi connectivity index (χ0v) is 16.6. The molecule has 0 saturated carbocycles. The summed E-state index contributed by atoms with van der Waals surface area (Å²) in [5, 5.41) is 11.6. The minimum absolute atomic E-state index is 0.110. The summed E-state index contributed by atoms with van der Waals surface area (Å²) in [6.45, 7) is 5.61. The van der Waals surface area contributed by atoms with E-state index in [0.29, 0.717) is 16.8 Å². The van der Waals surface area contributed by atoms with E-state index in [9.17, 15) is 9.59 Å². The first kappa shape index (κ1) is 20.1. The fourth-order valence-corrected chi connectivity index (χ4v) is 2.75. The highest BCUT2D eigenvalue weighted by molar-refractivity contribution is 5.94. The van der Waals surface area contributed by atoms with E-state index in [1.165, 1.54) is 0 Å². The van der Waals surface area contributed by atoms with Crippen LogP contribution >= 0.6 is 0 Å². The van der Waals surface area contributed by atoms with Gasteiger partial charge in [-0.25, -0.2) is 4.98 Å². The number of hydrogen-bond acceptors (Lipinski definition) is 5. The molecular weight excluding hydrogens is 368 g/mol. The van der Waals surface area contributed by atoms with Crippen LogP contribution in [0.4, 0.5) is 0 Å². The number of esters is 1. The number of nitrogens with one attached hydrogen (secondary N) is 1. The number of pyridine rings is 1. The molecule has 1 N–H and O–H groups in total. The number of benzene rings is 1. The molecule has 2 aromatic heterocycles. The largest absolute Gasteiger partial charge is 0.460 e. The van der Waals surface area contributed by atoms with E-state index in [0.717, 1.165) is 11.3 Å².